The smallest absolute Gasteiger partial charge is 0.253 e. The van der Waals surface area contributed by atoms with E-state index in [-0.39, 0.29) is 12.5 Å². The van der Waals surface area contributed by atoms with Crippen LogP contribution < -0.4 is 10.6 Å². The highest BCUT2D eigenvalue weighted by molar-refractivity contribution is 7.16. The molecular weight excluding hydrogens is 346 g/mol. The quantitative estimate of drug-likeness (QED) is 0.624. The summed E-state index contributed by atoms with van der Waals surface area (Å²) < 4.78 is 0.987. The highest BCUT2D eigenvalue weighted by atomic mass is 32.1. The third-order valence-corrected chi connectivity index (χ3v) is 5.59. The third-order valence-electron chi connectivity index (χ3n) is 4.80. The SMILES string of the molecule is O=C(NC[C@@H](O)CNC1Cc2ccccc2C1)c1cccc2scnc12. The molecule has 0 unspecified atom stereocenters. The van der Waals surface area contributed by atoms with E-state index in [0.29, 0.717) is 23.7 Å². The molecule has 2 aromatic carbocycles. The number of aliphatic hydroxyl groups is 1. The molecule has 5 nitrogen and oxygen atoms in total. The zero-order chi connectivity index (χ0) is 17.9. The molecule has 0 aliphatic heterocycles. The van der Waals surface area contributed by atoms with Crippen LogP contribution in [0, 0.1) is 0 Å². The van der Waals surface area contributed by atoms with Gasteiger partial charge in [0.05, 0.1) is 27.4 Å². The maximum absolute atomic E-state index is 12.4. The Kier molecular flexibility index (Phi) is 4.97. The van der Waals surface area contributed by atoms with Gasteiger partial charge in [-0.3, -0.25) is 4.79 Å². The van der Waals surface area contributed by atoms with Crippen LogP contribution in [0.5, 0.6) is 0 Å². The van der Waals surface area contributed by atoms with Gasteiger partial charge in [-0.25, -0.2) is 4.98 Å². The average molecular weight is 367 g/mol. The number of hydrogen-bond acceptors (Lipinski definition) is 5. The lowest BCUT2D eigenvalue weighted by molar-refractivity contribution is 0.0915. The summed E-state index contributed by atoms with van der Waals surface area (Å²) >= 11 is 1.51. The Morgan fingerprint density at radius 2 is 1.92 bits per heavy atom. The van der Waals surface area contributed by atoms with Crippen LogP contribution in [0.4, 0.5) is 0 Å². The summed E-state index contributed by atoms with van der Waals surface area (Å²) in [6.07, 6.45) is 1.35. The van der Waals surface area contributed by atoms with Crippen LogP contribution >= 0.6 is 11.3 Å². The first-order valence-electron chi connectivity index (χ1n) is 8.79. The molecule has 1 heterocycles. The van der Waals surface area contributed by atoms with Gasteiger partial charge >= 0.3 is 0 Å². The fourth-order valence-corrected chi connectivity index (χ4v) is 4.16. The second kappa shape index (κ2) is 7.53. The number of benzene rings is 2. The van der Waals surface area contributed by atoms with E-state index in [1.165, 1.54) is 22.5 Å². The van der Waals surface area contributed by atoms with Gasteiger partial charge in [0.15, 0.2) is 0 Å². The summed E-state index contributed by atoms with van der Waals surface area (Å²) in [6, 6.07) is 14.4. The molecule has 1 aliphatic carbocycles. The second-order valence-corrected chi connectivity index (χ2v) is 7.54. The Bertz CT molecular complexity index is 899. The fraction of sp³-hybridized carbons (Fsp3) is 0.300. The summed E-state index contributed by atoms with van der Waals surface area (Å²) in [5.74, 6) is -0.200. The number of aromatic nitrogens is 1. The normalized spacial score (nSPS) is 15.1. The van der Waals surface area contributed by atoms with Gasteiger partial charge in [-0.15, -0.1) is 11.3 Å². The Labute approximate surface area is 156 Å². The van der Waals surface area contributed by atoms with Crippen molar-refractivity contribution in [2.75, 3.05) is 13.1 Å². The standard InChI is InChI=1S/C20H21N3O2S/c24-16(10-21-15-8-13-4-1-2-5-14(13)9-15)11-22-20(25)17-6-3-7-18-19(17)23-12-26-18/h1-7,12,15-16,21,24H,8-11H2,(H,22,25)/t16-/m0/s1. The highest BCUT2D eigenvalue weighted by Gasteiger charge is 2.21. The van der Waals surface area contributed by atoms with Gasteiger partial charge < -0.3 is 15.7 Å². The number of carbonyl (C=O) groups is 1. The van der Waals surface area contributed by atoms with E-state index in [1.807, 2.05) is 12.1 Å². The molecule has 1 aliphatic rings. The number of nitrogens with zero attached hydrogens (tertiary/aromatic N) is 1. The van der Waals surface area contributed by atoms with Gasteiger partial charge in [0.2, 0.25) is 0 Å². The number of rotatable bonds is 6. The molecule has 0 saturated heterocycles. The van der Waals surface area contributed by atoms with E-state index in [2.05, 4.69) is 39.9 Å². The summed E-state index contributed by atoms with van der Waals surface area (Å²) in [4.78, 5) is 16.7. The largest absolute Gasteiger partial charge is 0.390 e. The number of amides is 1. The minimum atomic E-state index is -0.628. The number of para-hydroxylation sites is 1. The minimum absolute atomic E-state index is 0.200. The van der Waals surface area contributed by atoms with Crippen molar-refractivity contribution < 1.29 is 9.90 Å². The van der Waals surface area contributed by atoms with Gasteiger partial charge in [-0.2, -0.15) is 0 Å². The van der Waals surface area contributed by atoms with Crippen molar-refractivity contribution in [2.45, 2.75) is 25.0 Å². The Morgan fingerprint density at radius 1 is 1.15 bits per heavy atom. The first-order valence-corrected chi connectivity index (χ1v) is 9.67. The molecular formula is C20H21N3O2S. The maximum Gasteiger partial charge on any atom is 0.253 e. The number of hydrogen-bond donors (Lipinski definition) is 3. The topological polar surface area (TPSA) is 74.2 Å². The molecule has 0 saturated carbocycles. The van der Waals surface area contributed by atoms with Crippen molar-refractivity contribution in [1.29, 1.82) is 0 Å². The Balaban J connectivity index is 1.26. The van der Waals surface area contributed by atoms with Crippen LogP contribution in [0.2, 0.25) is 0 Å². The lowest BCUT2D eigenvalue weighted by atomic mass is 10.1. The van der Waals surface area contributed by atoms with E-state index in [9.17, 15) is 9.90 Å². The highest BCUT2D eigenvalue weighted by Crippen LogP contribution is 2.22. The molecule has 26 heavy (non-hydrogen) atoms. The van der Waals surface area contributed by atoms with Crippen LogP contribution in [0.15, 0.2) is 48.0 Å². The second-order valence-electron chi connectivity index (χ2n) is 6.65. The molecule has 1 atom stereocenters. The molecule has 134 valence electrons. The van der Waals surface area contributed by atoms with Crippen molar-refractivity contribution in [3.8, 4) is 0 Å². The molecule has 0 bridgehead atoms. The maximum atomic E-state index is 12.4. The average Bonchev–Trinajstić information content (AvgIpc) is 3.30. The molecule has 3 aromatic rings. The number of carbonyl (C=O) groups excluding carboxylic acids is 1. The van der Waals surface area contributed by atoms with Crippen LogP contribution in [0.25, 0.3) is 10.2 Å². The van der Waals surface area contributed by atoms with Crippen molar-refractivity contribution >= 4 is 27.5 Å². The van der Waals surface area contributed by atoms with E-state index in [1.54, 1.807) is 11.6 Å². The van der Waals surface area contributed by atoms with Gasteiger partial charge in [-0.05, 0) is 36.1 Å². The summed E-state index contributed by atoms with van der Waals surface area (Å²) in [5.41, 5.74) is 5.76. The van der Waals surface area contributed by atoms with Gasteiger partial charge in [-0.1, -0.05) is 30.3 Å². The van der Waals surface area contributed by atoms with Gasteiger partial charge in [0, 0.05) is 19.1 Å². The third kappa shape index (κ3) is 3.62. The molecule has 6 heteroatoms. The first kappa shape index (κ1) is 17.1. The summed E-state index contributed by atoms with van der Waals surface area (Å²) in [7, 11) is 0. The van der Waals surface area contributed by atoms with Crippen LogP contribution in [-0.2, 0) is 12.8 Å². The molecule has 0 fully saturated rings. The summed E-state index contributed by atoms with van der Waals surface area (Å²) in [6.45, 7) is 0.672. The lowest BCUT2D eigenvalue weighted by Crippen LogP contribution is -2.41. The fourth-order valence-electron chi connectivity index (χ4n) is 3.45. The van der Waals surface area contributed by atoms with Crippen molar-refractivity contribution in [1.82, 2.24) is 15.6 Å². The van der Waals surface area contributed by atoms with E-state index in [0.717, 1.165) is 17.5 Å². The van der Waals surface area contributed by atoms with Crippen molar-refractivity contribution in [3.05, 3.63) is 64.7 Å². The summed E-state index contributed by atoms with van der Waals surface area (Å²) in [5, 5.41) is 16.4. The molecule has 1 aromatic heterocycles. The number of nitrogens with one attached hydrogen (secondary N) is 2. The number of thiazole rings is 1. The predicted molar refractivity (Wildman–Crippen MR) is 104 cm³/mol. The van der Waals surface area contributed by atoms with Crippen LogP contribution in [0.3, 0.4) is 0 Å². The van der Waals surface area contributed by atoms with Crippen molar-refractivity contribution in [2.24, 2.45) is 0 Å². The van der Waals surface area contributed by atoms with Crippen LogP contribution in [0.1, 0.15) is 21.5 Å². The number of aliphatic hydroxyl groups excluding tert-OH is 1. The minimum Gasteiger partial charge on any atom is -0.390 e. The molecule has 0 spiro atoms. The lowest BCUT2D eigenvalue weighted by Gasteiger charge is -2.17. The van der Waals surface area contributed by atoms with Gasteiger partial charge in [0.1, 0.15) is 0 Å². The van der Waals surface area contributed by atoms with E-state index >= 15 is 0 Å². The Morgan fingerprint density at radius 3 is 2.69 bits per heavy atom. The molecule has 1 amide bonds. The zero-order valence-electron chi connectivity index (χ0n) is 14.3. The van der Waals surface area contributed by atoms with Crippen molar-refractivity contribution in [3.63, 3.8) is 0 Å². The van der Waals surface area contributed by atoms with E-state index in [4.69, 9.17) is 0 Å². The van der Waals surface area contributed by atoms with E-state index < -0.39 is 6.10 Å². The number of fused-ring (bicyclic) bond motifs is 2. The first-order chi connectivity index (χ1) is 12.7. The van der Waals surface area contributed by atoms with Gasteiger partial charge in [0.25, 0.3) is 5.91 Å². The molecule has 3 N–H and O–H groups in total. The molecule has 0 radical (unpaired) electrons. The van der Waals surface area contributed by atoms with Crippen LogP contribution in [-0.4, -0.2) is 41.2 Å². The predicted octanol–water partition coefficient (Wildman–Crippen LogP) is 2.14. The monoisotopic (exact) mass is 367 g/mol. The molecule has 4 rings (SSSR count). The zero-order valence-corrected chi connectivity index (χ0v) is 15.1. The Hall–Kier alpha value is -2.28.